The van der Waals surface area contributed by atoms with Gasteiger partial charge in [0.2, 0.25) is 5.91 Å². The second kappa shape index (κ2) is 7.95. The molecule has 0 unspecified atom stereocenters. The third kappa shape index (κ3) is 4.29. The molecule has 0 spiro atoms. The lowest BCUT2D eigenvalue weighted by molar-refractivity contribution is -0.113. The molecule has 2 heterocycles. The number of nitrogens with one attached hydrogen (secondary N) is 1. The number of amides is 1. The van der Waals surface area contributed by atoms with Crippen LogP contribution < -0.4 is 10.9 Å². The second-order valence-electron chi connectivity index (χ2n) is 5.85. The summed E-state index contributed by atoms with van der Waals surface area (Å²) in [4.78, 5) is 27.9. The van der Waals surface area contributed by atoms with E-state index in [1.807, 2.05) is 5.38 Å². The average Bonchev–Trinajstić information content (AvgIpc) is 3.16. The molecule has 4 rings (SSSR count). The Morgan fingerprint density at radius 2 is 1.96 bits per heavy atom. The van der Waals surface area contributed by atoms with E-state index in [1.165, 1.54) is 41.3 Å². The highest BCUT2D eigenvalue weighted by molar-refractivity contribution is 8.01. The van der Waals surface area contributed by atoms with E-state index in [-0.39, 0.29) is 17.5 Å². The van der Waals surface area contributed by atoms with Gasteiger partial charge in [0.1, 0.15) is 11.4 Å². The van der Waals surface area contributed by atoms with Crippen molar-refractivity contribution in [2.24, 2.45) is 0 Å². The molecule has 0 fully saturated rings. The highest BCUT2D eigenvalue weighted by Gasteiger charge is 2.09. The van der Waals surface area contributed by atoms with Gasteiger partial charge in [0, 0.05) is 28.1 Å². The predicted molar refractivity (Wildman–Crippen MR) is 109 cm³/mol. The first-order valence-corrected chi connectivity index (χ1v) is 10.1. The normalized spacial score (nSPS) is 10.9. The number of thioether (sulfide) groups is 1. The number of benzene rings is 2. The van der Waals surface area contributed by atoms with Crippen molar-refractivity contribution in [3.05, 3.63) is 76.2 Å². The zero-order valence-corrected chi connectivity index (χ0v) is 16.0. The van der Waals surface area contributed by atoms with Crippen molar-refractivity contribution in [3.63, 3.8) is 0 Å². The zero-order chi connectivity index (χ0) is 19.5. The number of hydrogen-bond donors (Lipinski definition) is 1. The zero-order valence-electron chi connectivity index (χ0n) is 14.3. The summed E-state index contributed by atoms with van der Waals surface area (Å²) >= 11 is 2.77. The molecule has 140 valence electrons. The van der Waals surface area contributed by atoms with Gasteiger partial charge in [-0.05, 0) is 48.5 Å². The smallest absolute Gasteiger partial charge is 0.336 e. The summed E-state index contributed by atoms with van der Waals surface area (Å²) < 4.78 is 18.8. The monoisotopic (exact) mass is 412 g/mol. The number of fused-ring (bicyclic) bond motifs is 1. The molecule has 1 N–H and O–H groups in total. The van der Waals surface area contributed by atoms with Crippen LogP contribution in [0.25, 0.3) is 22.2 Å². The van der Waals surface area contributed by atoms with Crippen LogP contribution in [0.2, 0.25) is 0 Å². The van der Waals surface area contributed by atoms with Crippen LogP contribution in [0, 0.1) is 5.82 Å². The van der Waals surface area contributed by atoms with Crippen LogP contribution in [0.3, 0.4) is 0 Å². The van der Waals surface area contributed by atoms with Gasteiger partial charge in [-0.2, -0.15) is 0 Å². The molecule has 0 atom stereocenters. The fourth-order valence-corrected chi connectivity index (χ4v) is 4.19. The van der Waals surface area contributed by atoms with Crippen molar-refractivity contribution in [3.8, 4) is 11.3 Å². The molecule has 1 amide bonds. The van der Waals surface area contributed by atoms with Crippen molar-refractivity contribution in [2.75, 3.05) is 11.1 Å². The summed E-state index contributed by atoms with van der Waals surface area (Å²) in [6, 6.07) is 14.2. The molecular weight excluding hydrogens is 399 g/mol. The SMILES string of the molecule is O=C(CSc1nc(-c2ccc(F)cc2)cs1)Nc1ccc2oc(=O)ccc2c1. The van der Waals surface area contributed by atoms with Gasteiger partial charge in [-0.3, -0.25) is 4.79 Å². The van der Waals surface area contributed by atoms with Crippen LogP contribution in [-0.4, -0.2) is 16.6 Å². The first kappa shape index (κ1) is 18.4. The molecule has 0 aliphatic carbocycles. The van der Waals surface area contributed by atoms with Gasteiger partial charge in [0.15, 0.2) is 4.34 Å². The van der Waals surface area contributed by atoms with Gasteiger partial charge in [0.05, 0.1) is 11.4 Å². The van der Waals surface area contributed by atoms with Gasteiger partial charge in [-0.25, -0.2) is 14.2 Å². The number of nitrogens with zero attached hydrogens (tertiary/aromatic N) is 1. The van der Waals surface area contributed by atoms with E-state index in [0.29, 0.717) is 11.3 Å². The van der Waals surface area contributed by atoms with Crippen molar-refractivity contribution >= 4 is 45.7 Å². The van der Waals surface area contributed by atoms with E-state index in [2.05, 4.69) is 10.3 Å². The van der Waals surface area contributed by atoms with Crippen LogP contribution in [-0.2, 0) is 4.79 Å². The fraction of sp³-hybridized carbons (Fsp3) is 0.0500. The molecule has 4 aromatic rings. The number of thiazole rings is 1. The number of carbonyl (C=O) groups is 1. The van der Waals surface area contributed by atoms with E-state index in [9.17, 15) is 14.0 Å². The van der Waals surface area contributed by atoms with E-state index < -0.39 is 5.63 Å². The molecule has 2 aromatic carbocycles. The molecule has 0 aliphatic rings. The number of aromatic nitrogens is 1. The first-order valence-electron chi connectivity index (χ1n) is 8.25. The van der Waals surface area contributed by atoms with E-state index in [0.717, 1.165) is 21.0 Å². The lowest BCUT2D eigenvalue weighted by atomic mass is 10.2. The number of carbonyl (C=O) groups excluding carboxylic acids is 1. The maximum Gasteiger partial charge on any atom is 0.336 e. The third-order valence-electron chi connectivity index (χ3n) is 3.85. The van der Waals surface area contributed by atoms with Crippen molar-refractivity contribution in [2.45, 2.75) is 4.34 Å². The lowest BCUT2D eigenvalue weighted by Crippen LogP contribution is -2.13. The molecule has 0 radical (unpaired) electrons. The van der Waals surface area contributed by atoms with Crippen LogP contribution >= 0.6 is 23.1 Å². The third-order valence-corrected chi connectivity index (χ3v) is 5.87. The Kier molecular flexibility index (Phi) is 5.23. The maximum atomic E-state index is 13.0. The van der Waals surface area contributed by atoms with Crippen LogP contribution in [0.1, 0.15) is 0 Å². The van der Waals surface area contributed by atoms with Gasteiger partial charge in [0.25, 0.3) is 0 Å². The Labute approximate surface area is 167 Å². The predicted octanol–water partition coefficient (Wildman–Crippen LogP) is 4.79. The summed E-state index contributed by atoms with van der Waals surface area (Å²) in [6.07, 6.45) is 0. The van der Waals surface area contributed by atoms with Gasteiger partial charge in [-0.15, -0.1) is 11.3 Å². The highest BCUT2D eigenvalue weighted by atomic mass is 32.2. The van der Waals surface area contributed by atoms with Gasteiger partial charge >= 0.3 is 5.63 Å². The summed E-state index contributed by atoms with van der Waals surface area (Å²) in [7, 11) is 0. The summed E-state index contributed by atoms with van der Waals surface area (Å²) in [5, 5.41) is 5.43. The average molecular weight is 412 g/mol. The largest absolute Gasteiger partial charge is 0.423 e. The van der Waals surface area contributed by atoms with Crippen LogP contribution in [0.5, 0.6) is 0 Å². The minimum atomic E-state index is -0.413. The number of hydrogen-bond acceptors (Lipinski definition) is 6. The van der Waals surface area contributed by atoms with Crippen LogP contribution in [0.4, 0.5) is 10.1 Å². The number of anilines is 1. The van der Waals surface area contributed by atoms with Crippen LogP contribution in [0.15, 0.2) is 73.5 Å². The Hall–Kier alpha value is -2.97. The number of rotatable bonds is 5. The molecule has 5 nitrogen and oxygen atoms in total. The van der Waals surface area contributed by atoms with E-state index >= 15 is 0 Å². The lowest BCUT2D eigenvalue weighted by Gasteiger charge is -2.05. The fourth-order valence-electron chi connectivity index (χ4n) is 2.55. The summed E-state index contributed by atoms with van der Waals surface area (Å²) in [5.41, 5.74) is 2.26. The molecule has 0 saturated carbocycles. The van der Waals surface area contributed by atoms with E-state index in [1.54, 1.807) is 36.4 Å². The molecular formula is C20H13FN2O3S2. The molecule has 2 aromatic heterocycles. The molecule has 0 saturated heterocycles. The Morgan fingerprint density at radius 1 is 1.14 bits per heavy atom. The van der Waals surface area contributed by atoms with E-state index in [4.69, 9.17) is 4.42 Å². The minimum absolute atomic E-state index is 0.166. The van der Waals surface area contributed by atoms with Gasteiger partial charge in [-0.1, -0.05) is 11.8 Å². The van der Waals surface area contributed by atoms with Gasteiger partial charge < -0.3 is 9.73 Å². The highest BCUT2D eigenvalue weighted by Crippen LogP contribution is 2.28. The molecule has 8 heteroatoms. The van der Waals surface area contributed by atoms with Crippen molar-refractivity contribution in [1.82, 2.24) is 4.98 Å². The second-order valence-corrected chi connectivity index (χ2v) is 7.93. The Balaban J connectivity index is 1.37. The van der Waals surface area contributed by atoms with Crippen molar-refractivity contribution < 1.29 is 13.6 Å². The maximum absolute atomic E-state index is 13.0. The summed E-state index contributed by atoms with van der Waals surface area (Å²) in [5.74, 6) is -0.250. The number of halogens is 1. The summed E-state index contributed by atoms with van der Waals surface area (Å²) in [6.45, 7) is 0. The Morgan fingerprint density at radius 3 is 2.79 bits per heavy atom. The molecule has 28 heavy (non-hydrogen) atoms. The first-order chi connectivity index (χ1) is 13.6. The van der Waals surface area contributed by atoms with Crippen molar-refractivity contribution in [1.29, 1.82) is 0 Å². The standard InChI is InChI=1S/C20H13FN2O3S2/c21-14-4-1-12(2-5-14)16-10-27-20(23-16)28-11-18(24)22-15-6-7-17-13(9-15)3-8-19(25)26-17/h1-10H,11H2,(H,22,24). The molecule has 0 bridgehead atoms. The topological polar surface area (TPSA) is 72.2 Å². The quantitative estimate of drug-likeness (QED) is 0.377. The Bertz CT molecular complexity index is 1200. The minimum Gasteiger partial charge on any atom is -0.423 e. The molecule has 0 aliphatic heterocycles.